The molecule has 0 saturated heterocycles. The number of aryl methyl sites for hydroxylation is 3. The highest BCUT2D eigenvalue weighted by Crippen LogP contribution is 2.34. The van der Waals surface area contributed by atoms with E-state index in [9.17, 15) is 4.79 Å². The molecule has 0 radical (unpaired) electrons. The number of primary amides is 1. The average molecular weight is 472 g/mol. The fraction of sp³-hybridized carbons (Fsp3) is 0.346. The Morgan fingerprint density at radius 3 is 2.57 bits per heavy atom. The number of amides is 1. The first-order chi connectivity index (χ1) is 16.8. The number of nitrogens with one attached hydrogen (secondary N) is 1. The van der Waals surface area contributed by atoms with Gasteiger partial charge in [-0.3, -0.25) is 9.78 Å². The van der Waals surface area contributed by atoms with E-state index in [4.69, 9.17) is 10.5 Å². The molecule has 0 aromatic carbocycles. The van der Waals surface area contributed by atoms with Crippen molar-refractivity contribution in [3.8, 4) is 16.9 Å². The Balaban J connectivity index is 1.40. The second-order valence-corrected chi connectivity index (χ2v) is 9.20. The minimum atomic E-state index is -0.214. The number of nitrogens with two attached hydrogens (primary N) is 1. The predicted octanol–water partition coefficient (Wildman–Crippen LogP) is 4.28. The molecule has 0 bridgehead atoms. The van der Waals surface area contributed by atoms with Crippen LogP contribution >= 0.6 is 0 Å². The monoisotopic (exact) mass is 471 g/mol. The molecule has 180 valence electrons. The third kappa shape index (κ3) is 5.08. The SMILES string of the molecule is Cc1cc(-c2ccn3nc(Nc4cc(C)nc(C)n4)cc3c2)c(OC2CCC(C(N)=O)CC2)cn1. The number of hydrogen-bond acceptors (Lipinski definition) is 7. The van der Waals surface area contributed by atoms with Crippen molar-refractivity contribution >= 4 is 23.1 Å². The van der Waals surface area contributed by atoms with Gasteiger partial charge in [0.05, 0.1) is 17.8 Å². The molecular weight excluding hydrogens is 442 g/mol. The average Bonchev–Trinajstić information content (AvgIpc) is 3.21. The van der Waals surface area contributed by atoms with E-state index in [-0.39, 0.29) is 17.9 Å². The van der Waals surface area contributed by atoms with Gasteiger partial charge in [-0.25, -0.2) is 14.5 Å². The molecule has 1 aliphatic rings. The van der Waals surface area contributed by atoms with Crippen LogP contribution in [0.4, 0.5) is 11.6 Å². The molecule has 4 aromatic rings. The molecule has 4 aromatic heterocycles. The Morgan fingerprint density at radius 1 is 1.03 bits per heavy atom. The maximum absolute atomic E-state index is 11.5. The molecule has 1 amide bonds. The Labute approximate surface area is 203 Å². The Morgan fingerprint density at radius 2 is 1.83 bits per heavy atom. The van der Waals surface area contributed by atoms with E-state index in [0.29, 0.717) is 17.5 Å². The van der Waals surface area contributed by atoms with E-state index in [1.807, 2.05) is 55.7 Å². The molecule has 9 nitrogen and oxygen atoms in total. The number of pyridine rings is 2. The van der Waals surface area contributed by atoms with Crippen molar-refractivity contribution in [1.29, 1.82) is 0 Å². The summed E-state index contributed by atoms with van der Waals surface area (Å²) in [6, 6.07) is 10.0. The number of carbonyl (C=O) groups is 1. The van der Waals surface area contributed by atoms with Crippen molar-refractivity contribution in [1.82, 2.24) is 24.6 Å². The van der Waals surface area contributed by atoms with Crippen LogP contribution in [0.2, 0.25) is 0 Å². The number of rotatable bonds is 6. The maximum atomic E-state index is 11.5. The zero-order valence-corrected chi connectivity index (χ0v) is 20.2. The Kier molecular flexibility index (Phi) is 6.07. The van der Waals surface area contributed by atoms with Gasteiger partial charge in [-0.1, -0.05) is 0 Å². The number of ether oxygens (including phenoxy) is 1. The summed E-state index contributed by atoms with van der Waals surface area (Å²) in [5, 5.41) is 7.89. The van der Waals surface area contributed by atoms with Crippen LogP contribution < -0.4 is 15.8 Å². The zero-order chi connectivity index (χ0) is 24.5. The van der Waals surface area contributed by atoms with Gasteiger partial charge < -0.3 is 15.8 Å². The van der Waals surface area contributed by atoms with Gasteiger partial charge in [0.1, 0.15) is 17.4 Å². The largest absolute Gasteiger partial charge is 0.488 e. The van der Waals surface area contributed by atoms with Crippen LogP contribution in [0.15, 0.2) is 42.7 Å². The fourth-order valence-electron chi connectivity index (χ4n) is 4.65. The maximum Gasteiger partial charge on any atom is 0.220 e. The molecule has 3 N–H and O–H groups in total. The van der Waals surface area contributed by atoms with E-state index in [0.717, 1.165) is 59.5 Å². The lowest BCUT2D eigenvalue weighted by Gasteiger charge is -2.28. The quantitative estimate of drug-likeness (QED) is 0.431. The van der Waals surface area contributed by atoms with Crippen molar-refractivity contribution in [3.63, 3.8) is 0 Å². The molecule has 4 heterocycles. The molecule has 0 unspecified atom stereocenters. The summed E-state index contributed by atoms with van der Waals surface area (Å²) in [5.41, 5.74) is 10.2. The van der Waals surface area contributed by atoms with Gasteiger partial charge in [0.25, 0.3) is 0 Å². The van der Waals surface area contributed by atoms with Crippen LogP contribution in [0.1, 0.15) is 42.9 Å². The van der Waals surface area contributed by atoms with Gasteiger partial charge >= 0.3 is 0 Å². The topological polar surface area (TPSA) is 120 Å². The molecule has 1 aliphatic carbocycles. The molecule has 35 heavy (non-hydrogen) atoms. The second-order valence-electron chi connectivity index (χ2n) is 9.20. The number of fused-ring (bicyclic) bond motifs is 1. The summed E-state index contributed by atoms with van der Waals surface area (Å²) in [6.45, 7) is 5.78. The summed E-state index contributed by atoms with van der Waals surface area (Å²) in [6.07, 6.45) is 6.90. The van der Waals surface area contributed by atoms with E-state index >= 15 is 0 Å². The van der Waals surface area contributed by atoms with Crippen molar-refractivity contribution in [2.24, 2.45) is 11.7 Å². The van der Waals surface area contributed by atoms with Crippen molar-refractivity contribution in [2.75, 3.05) is 5.32 Å². The summed E-state index contributed by atoms with van der Waals surface area (Å²) in [5.74, 6) is 2.61. The number of nitrogens with zero attached hydrogens (tertiary/aromatic N) is 5. The highest BCUT2D eigenvalue weighted by molar-refractivity contribution is 5.77. The van der Waals surface area contributed by atoms with Crippen LogP contribution in [0.25, 0.3) is 16.6 Å². The van der Waals surface area contributed by atoms with Crippen LogP contribution in [-0.4, -0.2) is 36.6 Å². The van der Waals surface area contributed by atoms with Crippen molar-refractivity contribution < 1.29 is 9.53 Å². The fourth-order valence-corrected chi connectivity index (χ4v) is 4.65. The Hall–Kier alpha value is -4.01. The van der Waals surface area contributed by atoms with Crippen molar-refractivity contribution in [3.05, 3.63) is 59.9 Å². The molecule has 0 aliphatic heterocycles. The molecule has 0 spiro atoms. The molecule has 9 heteroatoms. The molecule has 0 atom stereocenters. The normalized spacial score (nSPS) is 17.9. The van der Waals surface area contributed by atoms with E-state index in [1.54, 1.807) is 6.20 Å². The molecule has 1 saturated carbocycles. The Bertz CT molecular complexity index is 1370. The van der Waals surface area contributed by atoms with Crippen molar-refractivity contribution in [2.45, 2.75) is 52.6 Å². The standard InChI is InChI=1S/C26H29N7O2/c1-15-10-22(23(14-28-15)35-21-6-4-18(5-7-21)26(27)34)19-8-9-33-20(12-19)13-25(32-33)31-24-11-16(2)29-17(3)30-24/h8-14,18,21H,4-7H2,1-3H3,(H2,27,34)(H,29,30,31,32). The van der Waals surface area contributed by atoms with Gasteiger partial charge in [-0.2, -0.15) is 5.10 Å². The summed E-state index contributed by atoms with van der Waals surface area (Å²) in [4.78, 5) is 24.7. The van der Waals surface area contributed by atoms with Crippen LogP contribution in [0.3, 0.4) is 0 Å². The van der Waals surface area contributed by atoms with Crippen LogP contribution in [-0.2, 0) is 4.79 Å². The predicted molar refractivity (Wildman–Crippen MR) is 134 cm³/mol. The van der Waals surface area contributed by atoms with Gasteiger partial charge in [-0.15, -0.1) is 0 Å². The highest BCUT2D eigenvalue weighted by Gasteiger charge is 2.26. The smallest absolute Gasteiger partial charge is 0.220 e. The molecule has 5 rings (SSSR count). The minimum Gasteiger partial charge on any atom is -0.488 e. The van der Waals surface area contributed by atoms with Gasteiger partial charge in [0.2, 0.25) is 5.91 Å². The first kappa shape index (κ1) is 22.8. The minimum absolute atomic E-state index is 0.0446. The first-order valence-corrected chi connectivity index (χ1v) is 11.9. The summed E-state index contributed by atoms with van der Waals surface area (Å²) in [7, 11) is 0. The first-order valence-electron chi connectivity index (χ1n) is 11.9. The number of hydrogen-bond donors (Lipinski definition) is 2. The van der Waals surface area contributed by atoms with E-state index < -0.39 is 0 Å². The third-order valence-electron chi connectivity index (χ3n) is 6.37. The summed E-state index contributed by atoms with van der Waals surface area (Å²) < 4.78 is 8.20. The van der Waals surface area contributed by atoms with Gasteiger partial charge in [0.15, 0.2) is 5.82 Å². The highest BCUT2D eigenvalue weighted by atomic mass is 16.5. The van der Waals surface area contributed by atoms with Crippen LogP contribution in [0.5, 0.6) is 5.75 Å². The molecule has 1 fully saturated rings. The lowest BCUT2D eigenvalue weighted by Crippen LogP contribution is -2.31. The van der Waals surface area contributed by atoms with E-state index in [2.05, 4.69) is 31.4 Å². The van der Waals surface area contributed by atoms with Gasteiger partial charge in [-0.05, 0) is 70.2 Å². The number of aromatic nitrogens is 5. The summed E-state index contributed by atoms with van der Waals surface area (Å²) >= 11 is 0. The van der Waals surface area contributed by atoms with Gasteiger partial charge in [0, 0.05) is 41.2 Å². The van der Waals surface area contributed by atoms with Crippen LogP contribution in [0, 0.1) is 26.7 Å². The second kappa shape index (κ2) is 9.32. The number of anilines is 2. The molecular formula is C26H29N7O2. The number of carbonyl (C=O) groups excluding carboxylic acids is 1. The lowest BCUT2D eigenvalue weighted by molar-refractivity contribution is -0.123. The lowest BCUT2D eigenvalue weighted by atomic mass is 9.87. The van der Waals surface area contributed by atoms with E-state index in [1.165, 1.54) is 0 Å². The third-order valence-corrected chi connectivity index (χ3v) is 6.37. The zero-order valence-electron chi connectivity index (χ0n) is 20.2.